The fourth-order valence-electron chi connectivity index (χ4n) is 2.22. The number of carbonyl (C=O) groups excluding carboxylic acids is 2. The molecule has 2 aromatic rings. The van der Waals surface area contributed by atoms with E-state index in [1.54, 1.807) is 19.1 Å². The van der Waals surface area contributed by atoms with Gasteiger partial charge in [-0.15, -0.1) is 0 Å². The molecule has 0 saturated heterocycles. The molecular formula is C18H21FN2O4. The number of nitrogens with one attached hydrogen (secondary N) is 2. The second kappa shape index (κ2) is 8.43. The lowest BCUT2D eigenvalue weighted by Gasteiger charge is -2.24. The highest BCUT2D eigenvalue weighted by Crippen LogP contribution is 2.19. The minimum absolute atomic E-state index is 0.0101. The fraction of sp³-hybridized carbons (Fsp3) is 0.333. The highest BCUT2D eigenvalue weighted by atomic mass is 19.1. The summed E-state index contributed by atoms with van der Waals surface area (Å²) in [6.45, 7) is 1.89. The molecule has 0 radical (unpaired) electrons. The van der Waals surface area contributed by atoms with Crippen LogP contribution in [0.25, 0.3) is 0 Å². The van der Waals surface area contributed by atoms with Gasteiger partial charge in [0, 0.05) is 13.0 Å². The van der Waals surface area contributed by atoms with Gasteiger partial charge in [-0.25, -0.2) is 4.39 Å². The van der Waals surface area contributed by atoms with Gasteiger partial charge >= 0.3 is 0 Å². The third-order valence-corrected chi connectivity index (χ3v) is 3.71. The van der Waals surface area contributed by atoms with Crippen LogP contribution in [0.2, 0.25) is 0 Å². The van der Waals surface area contributed by atoms with E-state index < -0.39 is 5.60 Å². The molecule has 0 aliphatic heterocycles. The van der Waals surface area contributed by atoms with E-state index in [0.717, 1.165) is 0 Å². The van der Waals surface area contributed by atoms with Crippen LogP contribution in [0.3, 0.4) is 0 Å². The largest absolute Gasteiger partial charge is 0.459 e. The maximum Gasteiger partial charge on any atom is 0.286 e. The van der Waals surface area contributed by atoms with Crippen molar-refractivity contribution in [2.75, 3.05) is 13.1 Å². The first-order valence-electron chi connectivity index (χ1n) is 7.95. The Morgan fingerprint density at radius 2 is 1.92 bits per heavy atom. The maximum absolute atomic E-state index is 12.9. The molecule has 1 aromatic carbocycles. The number of hydrogen-bond acceptors (Lipinski definition) is 4. The predicted molar refractivity (Wildman–Crippen MR) is 89.3 cm³/mol. The zero-order valence-corrected chi connectivity index (χ0v) is 13.9. The average molecular weight is 348 g/mol. The van der Waals surface area contributed by atoms with Gasteiger partial charge in [0.15, 0.2) is 5.76 Å². The molecule has 0 bridgehead atoms. The minimum atomic E-state index is -1.29. The van der Waals surface area contributed by atoms with Crippen LogP contribution in [0.4, 0.5) is 4.39 Å². The van der Waals surface area contributed by atoms with Gasteiger partial charge in [0.1, 0.15) is 11.4 Å². The van der Waals surface area contributed by atoms with E-state index in [9.17, 15) is 19.1 Å². The SMILES string of the molecule is CC(O)(CNC(=O)CCCNC(=O)c1ccco1)c1ccc(F)cc1. The molecule has 0 aliphatic carbocycles. The number of carbonyl (C=O) groups is 2. The quantitative estimate of drug-likeness (QED) is 0.636. The second-order valence-electron chi connectivity index (χ2n) is 5.89. The van der Waals surface area contributed by atoms with Crippen molar-refractivity contribution in [2.24, 2.45) is 0 Å². The van der Waals surface area contributed by atoms with E-state index >= 15 is 0 Å². The van der Waals surface area contributed by atoms with Crippen LogP contribution in [0.5, 0.6) is 0 Å². The minimum Gasteiger partial charge on any atom is -0.459 e. The van der Waals surface area contributed by atoms with Crippen molar-refractivity contribution in [3.05, 3.63) is 59.8 Å². The number of halogens is 1. The zero-order chi connectivity index (χ0) is 18.3. The molecule has 6 nitrogen and oxygen atoms in total. The summed E-state index contributed by atoms with van der Waals surface area (Å²) in [5.74, 6) is -0.737. The van der Waals surface area contributed by atoms with Crippen molar-refractivity contribution in [3.8, 4) is 0 Å². The molecule has 1 unspecified atom stereocenters. The number of furan rings is 1. The lowest BCUT2D eigenvalue weighted by atomic mass is 9.96. The molecule has 1 atom stereocenters. The Balaban J connectivity index is 1.68. The smallest absolute Gasteiger partial charge is 0.286 e. The summed E-state index contributed by atoms with van der Waals surface area (Å²) in [5, 5.41) is 15.7. The van der Waals surface area contributed by atoms with Crippen LogP contribution >= 0.6 is 0 Å². The molecule has 1 aromatic heterocycles. The first-order chi connectivity index (χ1) is 11.9. The second-order valence-corrected chi connectivity index (χ2v) is 5.89. The Kier molecular flexibility index (Phi) is 6.30. The topological polar surface area (TPSA) is 91.6 Å². The van der Waals surface area contributed by atoms with Gasteiger partial charge in [-0.1, -0.05) is 12.1 Å². The number of amides is 2. The Labute approximate surface area is 145 Å². The molecule has 0 spiro atoms. The predicted octanol–water partition coefficient (Wildman–Crippen LogP) is 1.95. The highest BCUT2D eigenvalue weighted by molar-refractivity contribution is 5.91. The Morgan fingerprint density at radius 3 is 2.56 bits per heavy atom. The van der Waals surface area contributed by atoms with Crippen molar-refractivity contribution in [1.29, 1.82) is 0 Å². The first-order valence-corrected chi connectivity index (χ1v) is 7.95. The van der Waals surface area contributed by atoms with E-state index in [4.69, 9.17) is 4.42 Å². The first kappa shape index (κ1) is 18.7. The van der Waals surface area contributed by atoms with Crippen LogP contribution < -0.4 is 10.6 Å². The summed E-state index contributed by atoms with van der Waals surface area (Å²) in [4.78, 5) is 23.5. The molecule has 3 N–H and O–H groups in total. The van der Waals surface area contributed by atoms with Gasteiger partial charge < -0.3 is 20.2 Å². The molecule has 2 rings (SSSR count). The van der Waals surface area contributed by atoms with Crippen LogP contribution in [0.1, 0.15) is 35.9 Å². The van der Waals surface area contributed by atoms with Gasteiger partial charge in [-0.05, 0) is 43.2 Å². The van der Waals surface area contributed by atoms with E-state index in [2.05, 4.69) is 10.6 Å². The molecule has 25 heavy (non-hydrogen) atoms. The molecular weight excluding hydrogens is 327 g/mol. The van der Waals surface area contributed by atoms with Crippen molar-refractivity contribution in [1.82, 2.24) is 10.6 Å². The van der Waals surface area contributed by atoms with Gasteiger partial charge in [0.2, 0.25) is 5.91 Å². The van der Waals surface area contributed by atoms with Crippen LogP contribution in [-0.4, -0.2) is 30.0 Å². The van der Waals surface area contributed by atoms with Crippen LogP contribution in [0.15, 0.2) is 47.1 Å². The number of hydrogen-bond donors (Lipinski definition) is 3. The van der Waals surface area contributed by atoms with E-state index in [-0.39, 0.29) is 36.4 Å². The standard InChI is InChI=1S/C18H21FN2O4/c1-18(24,13-6-8-14(19)9-7-13)12-21-16(22)5-2-10-20-17(23)15-4-3-11-25-15/h3-4,6-9,11,24H,2,5,10,12H2,1H3,(H,20,23)(H,21,22). The summed E-state index contributed by atoms with van der Waals surface area (Å²) in [6, 6.07) is 8.65. The Morgan fingerprint density at radius 1 is 1.20 bits per heavy atom. The summed E-state index contributed by atoms with van der Waals surface area (Å²) in [5.41, 5.74) is -0.781. The van der Waals surface area contributed by atoms with Crippen molar-refractivity contribution in [3.63, 3.8) is 0 Å². The third kappa shape index (κ3) is 5.72. The Hall–Kier alpha value is -2.67. The van der Waals surface area contributed by atoms with Gasteiger partial charge in [-0.3, -0.25) is 9.59 Å². The lowest BCUT2D eigenvalue weighted by molar-refractivity contribution is -0.122. The van der Waals surface area contributed by atoms with E-state index in [1.807, 2.05) is 0 Å². The van der Waals surface area contributed by atoms with E-state index in [1.165, 1.54) is 30.5 Å². The molecule has 0 fully saturated rings. The molecule has 134 valence electrons. The lowest BCUT2D eigenvalue weighted by Crippen LogP contribution is -2.38. The van der Waals surface area contributed by atoms with Gasteiger partial charge in [0.25, 0.3) is 5.91 Å². The monoisotopic (exact) mass is 348 g/mol. The fourth-order valence-corrected chi connectivity index (χ4v) is 2.22. The molecule has 0 saturated carbocycles. The van der Waals surface area contributed by atoms with Crippen molar-refractivity contribution in [2.45, 2.75) is 25.4 Å². The van der Waals surface area contributed by atoms with Crippen molar-refractivity contribution < 1.29 is 23.5 Å². The van der Waals surface area contributed by atoms with Gasteiger partial charge in [0.05, 0.1) is 12.8 Å². The summed E-state index contributed by atoms with van der Waals surface area (Å²) in [7, 11) is 0. The molecule has 2 amide bonds. The molecule has 7 heteroatoms. The Bertz CT molecular complexity index is 696. The average Bonchev–Trinajstić information content (AvgIpc) is 3.12. The summed E-state index contributed by atoms with van der Waals surface area (Å²) >= 11 is 0. The highest BCUT2D eigenvalue weighted by Gasteiger charge is 2.23. The number of benzene rings is 1. The third-order valence-electron chi connectivity index (χ3n) is 3.71. The normalized spacial score (nSPS) is 13.1. The zero-order valence-electron chi connectivity index (χ0n) is 13.9. The van der Waals surface area contributed by atoms with Crippen molar-refractivity contribution >= 4 is 11.8 Å². The van der Waals surface area contributed by atoms with E-state index in [0.29, 0.717) is 18.5 Å². The maximum atomic E-state index is 12.9. The van der Waals surface area contributed by atoms with Crippen LogP contribution in [-0.2, 0) is 10.4 Å². The van der Waals surface area contributed by atoms with Crippen LogP contribution in [0, 0.1) is 5.82 Å². The number of aliphatic hydroxyl groups is 1. The molecule has 0 aliphatic rings. The number of rotatable bonds is 8. The van der Waals surface area contributed by atoms with Gasteiger partial charge in [-0.2, -0.15) is 0 Å². The molecule has 1 heterocycles. The summed E-state index contributed by atoms with van der Waals surface area (Å²) < 4.78 is 17.9. The summed E-state index contributed by atoms with van der Waals surface area (Å²) in [6.07, 6.45) is 2.07.